The second kappa shape index (κ2) is 8.59. The van der Waals surface area contributed by atoms with E-state index in [-0.39, 0.29) is 16.9 Å². The number of rotatable bonds is 6. The van der Waals surface area contributed by atoms with Gasteiger partial charge in [-0.1, -0.05) is 36.9 Å². The molecule has 8 heteroatoms. The fourth-order valence-corrected chi connectivity index (χ4v) is 5.30. The van der Waals surface area contributed by atoms with Crippen molar-refractivity contribution in [3.63, 3.8) is 0 Å². The van der Waals surface area contributed by atoms with Crippen molar-refractivity contribution >= 4 is 51.2 Å². The predicted octanol–water partition coefficient (Wildman–Crippen LogP) is 4.66. The van der Waals surface area contributed by atoms with Crippen molar-refractivity contribution in [2.24, 2.45) is 0 Å². The summed E-state index contributed by atoms with van der Waals surface area (Å²) in [5.41, 5.74) is 5.28. The minimum absolute atomic E-state index is 0.0156. The van der Waals surface area contributed by atoms with Crippen molar-refractivity contribution < 1.29 is 9.59 Å². The highest BCUT2D eigenvalue weighted by Gasteiger charge is 2.25. The summed E-state index contributed by atoms with van der Waals surface area (Å²) in [7, 11) is 0. The monoisotopic (exact) mass is 459 g/mol. The number of hydrogen-bond acceptors (Lipinski definition) is 6. The number of aromatic nitrogens is 4. The van der Waals surface area contributed by atoms with E-state index in [1.54, 1.807) is 17.9 Å². The summed E-state index contributed by atoms with van der Waals surface area (Å²) in [6.07, 6.45) is 1.75. The minimum atomic E-state index is -0.364. The van der Waals surface area contributed by atoms with E-state index in [4.69, 9.17) is 4.98 Å². The van der Waals surface area contributed by atoms with E-state index < -0.39 is 0 Å². The van der Waals surface area contributed by atoms with Crippen LogP contribution in [-0.2, 0) is 17.8 Å². The van der Waals surface area contributed by atoms with Crippen LogP contribution < -0.4 is 4.90 Å². The lowest BCUT2D eigenvalue weighted by Crippen LogP contribution is -2.25. The number of nitrogens with zero attached hydrogens (tertiary/aromatic N) is 5. The third-order valence-corrected chi connectivity index (χ3v) is 7.04. The molecule has 1 atom stereocenters. The van der Waals surface area contributed by atoms with E-state index in [1.165, 1.54) is 11.8 Å². The Hall–Kier alpha value is -3.26. The number of Topliss-reactive ketones (excluding diaryl/α,β-unsaturated/α-hetero) is 1. The quantitative estimate of drug-likeness (QED) is 0.308. The number of carbonyl (C=O) groups is 2. The molecule has 7 nitrogen and oxygen atoms in total. The summed E-state index contributed by atoms with van der Waals surface area (Å²) in [5, 5.41) is 9.96. The first kappa shape index (κ1) is 21.6. The van der Waals surface area contributed by atoms with Gasteiger partial charge in [0.2, 0.25) is 11.1 Å². The van der Waals surface area contributed by atoms with Crippen LogP contribution in [0.5, 0.6) is 0 Å². The molecule has 0 aliphatic carbocycles. The molecule has 1 aliphatic rings. The van der Waals surface area contributed by atoms with Gasteiger partial charge in [0.05, 0.1) is 10.8 Å². The lowest BCUT2D eigenvalue weighted by Gasteiger charge is -2.15. The van der Waals surface area contributed by atoms with Gasteiger partial charge in [0.15, 0.2) is 11.4 Å². The molecule has 0 spiro atoms. The smallest absolute Gasteiger partial charge is 0.223 e. The molecular formula is C25H25N5O2S. The SMILES string of the molecule is CCCn1c2ccccc2c2nnc(SC(C)C(=O)c3ccc4c(c3)CCN4C(C)=O)nc21. The third kappa shape index (κ3) is 3.78. The van der Waals surface area contributed by atoms with Gasteiger partial charge >= 0.3 is 0 Å². The zero-order valence-electron chi connectivity index (χ0n) is 18.9. The van der Waals surface area contributed by atoms with Crippen LogP contribution in [0.2, 0.25) is 0 Å². The molecule has 0 bridgehead atoms. The number of anilines is 1. The maximum Gasteiger partial charge on any atom is 0.223 e. The molecule has 4 aromatic rings. The normalized spacial score (nSPS) is 14.1. The molecule has 0 saturated carbocycles. The molecule has 1 unspecified atom stereocenters. The number of hydrogen-bond donors (Lipinski definition) is 0. The van der Waals surface area contributed by atoms with Gasteiger partial charge in [-0.05, 0) is 49.6 Å². The minimum Gasteiger partial charge on any atom is -0.324 e. The molecule has 168 valence electrons. The lowest BCUT2D eigenvalue weighted by molar-refractivity contribution is -0.116. The zero-order valence-corrected chi connectivity index (χ0v) is 19.7. The molecule has 33 heavy (non-hydrogen) atoms. The third-order valence-electron chi connectivity index (χ3n) is 6.09. The van der Waals surface area contributed by atoms with Gasteiger partial charge in [-0.2, -0.15) is 0 Å². The van der Waals surface area contributed by atoms with Crippen molar-refractivity contribution in [1.29, 1.82) is 0 Å². The van der Waals surface area contributed by atoms with Crippen LogP contribution in [0.1, 0.15) is 43.1 Å². The predicted molar refractivity (Wildman–Crippen MR) is 131 cm³/mol. The van der Waals surface area contributed by atoms with Crippen molar-refractivity contribution in [1.82, 2.24) is 19.7 Å². The molecule has 3 heterocycles. The molecular weight excluding hydrogens is 434 g/mol. The number of thioether (sulfide) groups is 1. The van der Waals surface area contributed by atoms with Crippen molar-refractivity contribution in [2.45, 2.75) is 50.6 Å². The van der Waals surface area contributed by atoms with Gasteiger partial charge in [-0.25, -0.2) is 4.98 Å². The Morgan fingerprint density at radius 1 is 1.15 bits per heavy atom. The number of para-hydroxylation sites is 1. The molecule has 1 aliphatic heterocycles. The summed E-state index contributed by atoms with van der Waals surface area (Å²) in [4.78, 5) is 31.5. The number of benzene rings is 2. The van der Waals surface area contributed by atoms with Gasteiger partial charge in [-0.15, -0.1) is 10.2 Å². The number of fused-ring (bicyclic) bond motifs is 4. The number of amides is 1. The molecule has 2 aromatic heterocycles. The van der Waals surface area contributed by atoms with E-state index in [0.717, 1.165) is 52.7 Å². The Morgan fingerprint density at radius 3 is 2.76 bits per heavy atom. The second-order valence-electron chi connectivity index (χ2n) is 8.32. The van der Waals surface area contributed by atoms with Crippen LogP contribution >= 0.6 is 11.8 Å². The summed E-state index contributed by atoms with van der Waals surface area (Å²) in [6, 6.07) is 13.7. The molecule has 0 radical (unpaired) electrons. The summed E-state index contributed by atoms with van der Waals surface area (Å²) < 4.78 is 2.18. The van der Waals surface area contributed by atoms with E-state index in [0.29, 0.717) is 17.3 Å². The highest BCUT2D eigenvalue weighted by atomic mass is 32.2. The van der Waals surface area contributed by atoms with Gasteiger partial charge < -0.3 is 9.47 Å². The van der Waals surface area contributed by atoms with Gasteiger partial charge in [0.1, 0.15) is 5.52 Å². The largest absolute Gasteiger partial charge is 0.324 e. The topological polar surface area (TPSA) is 81.0 Å². The van der Waals surface area contributed by atoms with E-state index in [9.17, 15) is 9.59 Å². The molecule has 0 fully saturated rings. The average molecular weight is 460 g/mol. The Labute approximate surface area is 196 Å². The first-order valence-electron chi connectivity index (χ1n) is 11.2. The number of carbonyl (C=O) groups excluding carboxylic acids is 2. The Bertz CT molecular complexity index is 1400. The van der Waals surface area contributed by atoms with E-state index in [1.807, 2.05) is 37.3 Å². The van der Waals surface area contributed by atoms with E-state index in [2.05, 4.69) is 27.8 Å². The number of aryl methyl sites for hydroxylation is 1. The molecule has 0 N–H and O–H groups in total. The van der Waals surface area contributed by atoms with Crippen molar-refractivity contribution in [3.05, 3.63) is 53.6 Å². The van der Waals surface area contributed by atoms with Crippen molar-refractivity contribution in [2.75, 3.05) is 11.4 Å². The summed E-state index contributed by atoms with van der Waals surface area (Å²) >= 11 is 1.32. The highest BCUT2D eigenvalue weighted by molar-refractivity contribution is 8.00. The Morgan fingerprint density at radius 2 is 1.97 bits per heavy atom. The van der Waals surface area contributed by atoms with Gasteiger partial charge in [0.25, 0.3) is 0 Å². The lowest BCUT2D eigenvalue weighted by atomic mass is 10.0. The van der Waals surface area contributed by atoms with E-state index >= 15 is 0 Å². The summed E-state index contributed by atoms with van der Waals surface area (Å²) in [6.45, 7) is 7.08. The molecule has 1 amide bonds. The maximum atomic E-state index is 13.2. The Balaban J connectivity index is 1.42. The highest BCUT2D eigenvalue weighted by Crippen LogP contribution is 2.32. The molecule has 2 aromatic carbocycles. The molecule has 5 rings (SSSR count). The molecule has 0 saturated heterocycles. The maximum absolute atomic E-state index is 13.2. The second-order valence-corrected chi connectivity index (χ2v) is 9.63. The fraction of sp³-hybridized carbons (Fsp3) is 0.320. The first-order valence-corrected chi connectivity index (χ1v) is 12.1. The van der Waals surface area contributed by atoms with Crippen molar-refractivity contribution in [3.8, 4) is 0 Å². The Kier molecular flexibility index (Phi) is 5.62. The van der Waals surface area contributed by atoms with Crippen LogP contribution in [0.25, 0.3) is 22.1 Å². The summed E-state index contributed by atoms with van der Waals surface area (Å²) in [5.74, 6) is 0.0409. The zero-order chi connectivity index (χ0) is 23.1. The fourth-order valence-electron chi connectivity index (χ4n) is 4.52. The van der Waals surface area contributed by atoms with Crippen LogP contribution in [0, 0.1) is 0 Å². The van der Waals surface area contributed by atoms with Crippen LogP contribution in [-0.4, -0.2) is 43.2 Å². The van der Waals surface area contributed by atoms with Crippen LogP contribution in [0.3, 0.4) is 0 Å². The van der Waals surface area contributed by atoms with Crippen LogP contribution in [0.4, 0.5) is 5.69 Å². The standard InChI is InChI=1S/C25H25N5O2S/c1-4-12-30-21-8-6-5-7-19(21)22-24(30)26-25(28-27-22)33-15(2)23(32)18-9-10-20-17(14-18)11-13-29(20)16(3)31/h5-10,14-15H,4,11-13H2,1-3H3. The first-order chi connectivity index (χ1) is 16.0. The number of ketones is 1. The van der Waals surface area contributed by atoms with Crippen LogP contribution in [0.15, 0.2) is 47.6 Å². The van der Waals surface area contributed by atoms with Gasteiger partial charge in [-0.3, -0.25) is 9.59 Å². The average Bonchev–Trinajstić information content (AvgIpc) is 3.38. The van der Waals surface area contributed by atoms with Gasteiger partial charge in [0, 0.05) is 36.7 Å².